The fourth-order valence-corrected chi connectivity index (χ4v) is 4.32. The number of hydrogen-bond donors (Lipinski definition) is 0. The van der Waals surface area contributed by atoms with Crippen LogP contribution >= 0.6 is 23.2 Å². The Bertz CT molecular complexity index is 1070. The lowest BCUT2D eigenvalue weighted by molar-refractivity contribution is -0.384. The first kappa shape index (κ1) is 19.9. The molecular formula is C21H18Cl2FN3O2. The highest BCUT2D eigenvalue weighted by Crippen LogP contribution is 2.38. The van der Waals surface area contributed by atoms with E-state index in [-0.39, 0.29) is 16.8 Å². The van der Waals surface area contributed by atoms with Crippen molar-refractivity contribution in [1.82, 2.24) is 9.47 Å². The molecule has 0 saturated carbocycles. The lowest BCUT2D eigenvalue weighted by Crippen LogP contribution is -2.29. The maximum absolute atomic E-state index is 13.6. The van der Waals surface area contributed by atoms with E-state index in [4.69, 9.17) is 23.2 Å². The van der Waals surface area contributed by atoms with E-state index in [1.165, 1.54) is 12.1 Å². The molecule has 0 saturated heterocycles. The van der Waals surface area contributed by atoms with Crippen LogP contribution in [-0.4, -0.2) is 20.9 Å². The lowest BCUT2D eigenvalue weighted by Gasteiger charge is -2.31. The van der Waals surface area contributed by atoms with Gasteiger partial charge in [-0.25, -0.2) is 4.39 Å². The Morgan fingerprint density at radius 1 is 1.10 bits per heavy atom. The van der Waals surface area contributed by atoms with Crippen LogP contribution in [0.25, 0.3) is 0 Å². The molecule has 150 valence electrons. The number of aryl methyl sites for hydroxylation is 1. The Morgan fingerprint density at radius 2 is 1.93 bits per heavy atom. The van der Waals surface area contributed by atoms with E-state index in [1.807, 2.05) is 18.3 Å². The van der Waals surface area contributed by atoms with Gasteiger partial charge in [-0.1, -0.05) is 29.3 Å². The third kappa shape index (κ3) is 4.01. The summed E-state index contributed by atoms with van der Waals surface area (Å²) in [6.45, 7) is 2.10. The summed E-state index contributed by atoms with van der Waals surface area (Å²) in [5, 5.41) is 11.9. The van der Waals surface area contributed by atoms with Crippen LogP contribution in [0.15, 0.2) is 54.7 Å². The van der Waals surface area contributed by atoms with Crippen molar-refractivity contribution in [2.45, 2.75) is 25.6 Å². The van der Waals surface area contributed by atoms with Crippen molar-refractivity contribution in [2.24, 2.45) is 0 Å². The Morgan fingerprint density at radius 3 is 2.69 bits per heavy atom. The Balaban J connectivity index is 1.80. The molecule has 2 aromatic carbocycles. The molecule has 0 bridgehead atoms. The molecule has 0 spiro atoms. The molecule has 1 aliphatic heterocycles. The van der Waals surface area contributed by atoms with Crippen molar-refractivity contribution in [3.8, 4) is 0 Å². The van der Waals surface area contributed by atoms with E-state index in [2.05, 4.69) is 9.47 Å². The quantitative estimate of drug-likeness (QED) is 0.383. The molecular weight excluding hydrogens is 416 g/mol. The molecule has 1 aromatic heterocycles. The molecule has 0 fully saturated rings. The highest BCUT2D eigenvalue weighted by Gasteiger charge is 2.30. The normalized spacial score (nSPS) is 17.0. The zero-order chi connectivity index (χ0) is 20.5. The van der Waals surface area contributed by atoms with Crippen LogP contribution in [0, 0.1) is 15.9 Å². The fourth-order valence-electron chi connectivity index (χ4n) is 3.89. The number of hydrogen-bond acceptors (Lipinski definition) is 3. The summed E-state index contributed by atoms with van der Waals surface area (Å²) in [5.41, 5.74) is 2.55. The van der Waals surface area contributed by atoms with Crippen molar-refractivity contribution < 1.29 is 9.31 Å². The van der Waals surface area contributed by atoms with Gasteiger partial charge in [-0.2, -0.15) is 0 Å². The maximum Gasteiger partial charge on any atom is 0.269 e. The van der Waals surface area contributed by atoms with Gasteiger partial charge in [0.15, 0.2) is 0 Å². The molecule has 1 unspecified atom stereocenters. The standard InChI is InChI=1S/C21H18Cl2FN3O2/c22-17-6-5-15(27(28)29)12-16(17)21-20-3-1-8-25(20)9-2-10-26(21)13-14-4-7-19(24)18(23)11-14/h1,3-8,11-12,21H,2,9-10,13H2. The molecule has 1 aliphatic rings. The number of nitro groups is 1. The summed E-state index contributed by atoms with van der Waals surface area (Å²) in [6, 6.07) is 12.9. The van der Waals surface area contributed by atoms with E-state index >= 15 is 0 Å². The lowest BCUT2D eigenvalue weighted by atomic mass is 10.00. The molecule has 8 heteroatoms. The van der Waals surface area contributed by atoms with Crippen molar-refractivity contribution in [2.75, 3.05) is 6.54 Å². The SMILES string of the molecule is O=[N+]([O-])c1ccc(Cl)c(C2c3cccn3CCCN2Cc2ccc(F)c(Cl)c2)c1. The van der Waals surface area contributed by atoms with Crippen molar-refractivity contribution in [3.05, 3.63) is 97.5 Å². The summed E-state index contributed by atoms with van der Waals surface area (Å²) in [6.07, 6.45) is 2.91. The van der Waals surface area contributed by atoms with Crippen molar-refractivity contribution in [3.63, 3.8) is 0 Å². The first-order valence-electron chi connectivity index (χ1n) is 9.21. The molecule has 0 radical (unpaired) electrons. The average molecular weight is 434 g/mol. The van der Waals surface area contributed by atoms with Crippen LogP contribution in [0.1, 0.15) is 29.3 Å². The number of aromatic nitrogens is 1. The monoisotopic (exact) mass is 433 g/mol. The van der Waals surface area contributed by atoms with Crippen LogP contribution in [0.2, 0.25) is 10.0 Å². The maximum atomic E-state index is 13.6. The van der Waals surface area contributed by atoms with Gasteiger partial charge in [-0.05, 0) is 42.3 Å². The van der Waals surface area contributed by atoms with Gasteiger partial charge in [0.1, 0.15) is 5.82 Å². The number of nitrogens with zero attached hydrogens (tertiary/aromatic N) is 3. The number of halogens is 3. The fraction of sp³-hybridized carbons (Fsp3) is 0.238. The van der Waals surface area contributed by atoms with Crippen LogP contribution in [0.4, 0.5) is 10.1 Å². The first-order valence-corrected chi connectivity index (χ1v) is 9.96. The van der Waals surface area contributed by atoms with Gasteiger partial charge in [-0.15, -0.1) is 0 Å². The first-order chi connectivity index (χ1) is 13.9. The number of non-ortho nitro benzene ring substituents is 1. The molecule has 3 aromatic rings. The number of rotatable bonds is 4. The van der Waals surface area contributed by atoms with Gasteiger partial charge in [0.05, 0.1) is 16.0 Å². The number of fused-ring (bicyclic) bond motifs is 1. The summed E-state index contributed by atoms with van der Waals surface area (Å²) >= 11 is 12.5. The number of benzene rings is 2. The minimum Gasteiger partial charge on any atom is -0.350 e. The zero-order valence-corrected chi connectivity index (χ0v) is 16.9. The molecule has 1 atom stereocenters. The minimum absolute atomic E-state index is 0.00321. The predicted octanol–water partition coefficient (Wildman–Crippen LogP) is 5.84. The van der Waals surface area contributed by atoms with Crippen LogP contribution in [0.5, 0.6) is 0 Å². The molecule has 5 nitrogen and oxygen atoms in total. The van der Waals surface area contributed by atoms with Gasteiger partial charge in [0.2, 0.25) is 0 Å². The second kappa shape index (κ2) is 8.14. The average Bonchev–Trinajstić information content (AvgIpc) is 3.07. The highest BCUT2D eigenvalue weighted by atomic mass is 35.5. The topological polar surface area (TPSA) is 51.3 Å². The van der Waals surface area contributed by atoms with E-state index in [0.717, 1.165) is 30.8 Å². The Hall–Kier alpha value is -2.41. The van der Waals surface area contributed by atoms with E-state index in [9.17, 15) is 14.5 Å². The van der Waals surface area contributed by atoms with Crippen molar-refractivity contribution in [1.29, 1.82) is 0 Å². The van der Waals surface area contributed by atoms with Crippen LogP contribution in [-0.2, 0) is 13.1 Å². The minimum atomic E-state index is -0.460. The summed E-state index contributed by atoms with van der Waals surface area (Å²) in [4.78, 5) is 13.1. The van der Waals surface area contributed by atoms with E-state index < -0.39 is 10.7 Å². The van der Waals surface area contributed by atoms with Crippen molar-refractivity contribution >= 4 is 28.9 Å². The number of nitro benzene ring substituents is 1. The molecule has 0 aliphatic carbocycles. The Labute approximate surface area is 177 Å². The van der Waals surface area contributed by atoms with Crippen LogP contribution in [0.3, 0.4) is 0 Å². The van der Waals surface area contributed by atoms with Gasteiger partial charge in [0, 0.05) is 54.2 Å². The highest BCUT2D eigenvalue weighted by molar-refractivity contribution is 6.31. The summed E-state index contributed by atoms with van der Waals surface area (Å²) < 4.78 is 15.7. The largest absolute Gasteiger partial charge is 0.350 e. The summed E-state index contributed by atoms with van der Waals surface area (Å²) in [7, 11) is 0. The third-order valence-electron chi connectivity index (χ3n) is 5.21. The zero-order valence-electron chi connectivity index (χ0n) is 15.4. The van der Waals surface area contributed by atoms with E-state index in [0.29, 0.717) is 17.1 Å². The van der Waals surface area contributed by atoms with Crippen LogP contribution < -0.4 is 0 Å². The second-order valence-electron chi connectivity index (χ2n) is 7.06. The van der Waals surface area contributed by atoms with Gasteiger partial charge >= 0.3 is 0 Å². The molecule has 2 heterocycles. The molecule has 0 N–H and O–H groups in total. The van der Waals surface area contributed by atoms with Gasteiger partial charge < -0.3 is 4.57 Å². The van der Waals surface area contributed by atoms with Gasteiger partial charge in [-0.3, -0.25) is 15.0 Å². The molecule has 0 amide bonds. The van der Waals surface area contributed by atoms with Gasteiger partial charge in [0.25, 0.3) is 5.69 Å². The molecule has 4 rings (SSSR count). The van der Waals surface area contributed by atoms with E-state index in [1.54, 1.807) is 24.3 Å². The predicted molar refractivity (Wildman–Crippen MR) is 111 cm³/mol. The Kier molecular flexibility index (Phi) is 5.58. The smallest absolute Gasteiger partial charge is 0.269 e. The second-order valence-corrected chi connectivity index (χ2v) is 7.88. The summed E-state index contributed by atoms with van der Waals surface area (Å²) in [5.74, 6) is -0.460. The molecule has 29 heavy (non-hydrogen) atoms. The third-order valence-corrected chi connectivity index (χ3v) is 5.84.